The summed E-state index contributed by atoms with van der Waals surface area (Å²) in [6, 6.07) is 5.29. The summed E-state index contributed by atoms with van der Waals surface area (Å²) < 4.78 is 5.10. The van der Waals surface area contributed by atoms with E-state index < -0.39 is 0 Å². The Balaban J connectivity index is 2.24. The molecule has 2 rings (SSSR count). The molecule has 1 saturated heterocycles. The number of cyclic esters (lactones) is 1. The minimum atomic E-state index is -0.155. The number of hydrogen-bond donors (Lipinski definition) is 0. The van der Waals surface area contributed by atoms with E-state index >= 15 is 0 Å². The third kappa shape index (κ3) is 1.86. The second-order valence-corrected chi connectivity index (χ2v) is 4.01. The molecule has 1 unspecified atom stereocenters. The van der Waals surface area contributed by atoms with Crippen LogP contribution in [0.25, 0.3) is 0 Å². The Morgan fingerprint density at radius 1 is 1.29 bits per heavy atom. The zero-order valence-electron chi connectivity index (χ0n) is 7.30. The lowest BCUT2D eigenvalue weighted by Crippen LogP contribution is -1.98. The maximum Gasteiger partial charge on any atom is 0.306 e. The van der Waals surface area contributed by atoms with Gasteiger partial charge in [-0.25, -0.2) is 0 Å². The third-order valence-corrected chi connectivity index (χ3v) is 2.94. The van der Waals surface area contributed by atoms with E-state index in [0.29, 0.717) is 16.5 Å². The van der Waals surface area contributed by atoms with Crippen molar-refractivity contribution in [3.05, 3.63) is 33.8 Å². The topological polar surface area (TPSA) is 26.3 Å². The van der Waals surface area contributed by atoms with Crippen molar-refractivity contribution in [3.8, 4) is 0 Å². The van der Waals surface area contributed by atoms with Crippen LogP contribution in [0.3, 0.4) is 0 Å². The zero-order valence-corrected chi connectivity index (χ0v) is 8.81. The van der Waals surface area contributed by atoms with E-state index in [1.807, 2.05) is 6.07 Å². The van der Waals surface area contributed by atoms with Crippen molar-refractivity contribution in [1.82, 2.24) is 0 Å². The van der Waals surface area contributed by atoms with Crippen molar-refractivity contribution in [1.29, 1.82) is 0 Å². The second-order valence-electron chi connectivity index (χ2n) is 3.19. The highest BCUT2D eigenvalue weighted by atomic mass is 35.5. The molecule has 0 bridgehead atoms. The van der Waals surface area contributed by atoms with E-state index in [1.165, 1.54) is 0 Å². The molecule has 0 radical (unpaired) electrons. The first-order chi connectivity index (χ1) is 6.66. The normalized spacial score (nSPS) is 21.0. The van der Waals surface area contributed by atoms with Gasteiger partial charge < -0.3 is 4.74 Å². The summed E-state index contributed by atoms with van der Waals surface area (Å²) in [6.45, 7) is 0. The molecule has 1 aliphatic rings. The van der Waals surface area contributed by atoms with Gasteiger partial charge in [-0.1, -0.05) is 29.3 Å². The van der Waals surface area contributed by atoms with Crippen LogP contribution in [0.15, 0.2) is 18.2 Å². The quantitative estimate of drug-likeness (QED) is 0.692. The average Bonchev–Trinajstić information content (AvgIpc) is 2.57. The van der Waals surface area contributed by atoms with E-state index in [9.17, 15) is 4.79 Å². The molecule has 0 aliphatic carbocycles. The molecular weight excluding hydrogens is 223 g/mol. The number of esters is 1. The molecule has 4 heteroatoms. The number of rotatable bonds is 1. The van der Waals surface area contributed by atoms with Gasteiger partial charge in [-0.2, -0.15) is 0 Å². The molecule has 74 valence electrons. The Morgan fingerprint density at radius 3 is 2.64 bits per heavy atom. The molecule has 2 nitrogen and oxygen atoms in total. The SMILES string of the molecule is O=C1CCC(c2ccc(Cl)c(Cl)c2)O1. The number of carbonyl (C=O) groups is 1. The highest BCUT2D eigenvalue weighted by molar-refractivity contribution is 6.42. The Bertz CT molecular complexity index is 376. The fraction of sp³-hybridized carbons (Fsp3) is 0.300. The minimum absolute atomic E-state index is 0.152. The van der Waals surface area contributed by atoms with Crippen molar-refractivity contribution >= 4 is 29.2 Å². The number of carbonyl (C=O) groups excluding carboxylic acids is 1. The number of ether oxygens (including phenoxy) is 1. The van der Waals surface area contributed by atoms with Gasteiger partial charge in [0.05, 0.1) is 10.0 Å². The van der Waals surface area contributed by atoms with E-state index in [0.717, 1.165) is 12.0 Å². The first-order valence-corrected chi connectivity index (χ1v) is 5.07. The maximum atomic E-state index is 10.9. The number of hydrogen-bond acceptors (Lipinski definition) is 2. The van der Waals surface area contributed by atoms with Crippen LogP contribution in [0.2, 0.25) is 10.0 Å². The van der Waals surface area contributed by atoms with Crippen LogP contribution >= 0.6 is 23.2 Å². The fourth-order valence-corrected chi connectivity index (χ4v) is 1.78. The molecule has 0 saturated carbocycles. The highest BCUT2D eigenvalue weighted by Crippen LogP contribution is 2.32. The maximum absolute atomic E-state index is 10.9. The molecule has 14 heavy (non-hydrogen) atoms. The third-order valence-electron chi connectivity index (χ3n) is 2.20. The Kier molecular flexibility index (Phi) is 2.66. The lowest BCUT2D eigenvalue weighted by atomic mass is 10.1. The van der Waals surface area contributed by atoms with Crippen LogP contribution in [0.1, 0.15) is 24.5 Å². The van der Waals surface area contributed by atoms with Crippen LogP contribution < -0.4 is 0 Å². The molecule has 0 aromatic heterocycles. The zero-order chi connectivity index (χ0) is 10.1. The first kappa shape index (κ1) is 9.81. The molecule has 1 aromatic rings. The molecular formula is C10H8Cl2O2. The average molecular weight is 231 g/mol. The van der Waals surface area contributed by atoms with Crippen molar-refractivity contribution in [2.45, 2.75) is 18.9 Å². The monoisotopic (exact) mass is 230 g/mol. The van der Waals surface area contributed by atoms with Gasteiger partial charge in [0.25, 0.3) is 0 Å². The summed E-state index contributed by atoms with van der Waals surface area (Å²) in [5, 5.41) is 1.01. The summed E-state index contributed by atoms with van der Waals surface area (Å²) in [6.07, 6.45) is 1.04. The van der Waals surface area contributed by atoms with Crippen LogP contribution in [-0.2, 0) is 9.53 Å². The van der Waals surface area contributed by atoms with Crippen molar-refractivity contribution in [3.63, 3.8) is 0 Å². The molecule has 0 N–H and O–H groups in total. The van der Waals surface area contributed by atoms with Crippen molar-refractivity contribution < 1.29 is 9.53 Å². The first-order valence-electron chi connectivity index (χ1n) is 4.31. The molecule has 0 spiro atoms. The van der Waals surface area contributed by atoms with E-state index in [4.69, 9.17) is 27.9 Å². The smallest absolute Gasteiger partial charge is 0.306 e. The van der Waals surface area contributed by atoms with Crippen molar-refractivity contribution in [2.75, 3.05) is 0 Å². The standard InChI is InChI=1S/C10H8Cl2O2/c11-7-2-1-6(5-8(7)12)9-3-4-10(13)14-9/h1-2,5,9H,3-4H2. The number of halogens is 2. The van der Waals surface area contributed by atoms with E-state index in [1.54, 1.807) is 12.1 Å². The molecule has 1 fully saturated rings. The summed E-state index contributed by atoms with van der Waals surface area (Å²) >= 11 is 11.6. The van der Waals surface area contributed by atoms with Gasteiger partial charge >= 0.3 is 5.97 Å². The van der Waals surface area contributed by atoms with Crippen molar-refractivity contribution in [2.24, 2.45) is 0 Å². The predicted octanol–water partition coefficient (Wildman–Crippen LogP) is 3.37. The van der Waals surface area contributed by atoms with Crippen LogP contribution in [0, 0.1) is 0 Å². The van der Waals surface area contributed by atoms with Gasteiger partial charge in [0.2, 0.25) is 0 Å². The Hall–Kier alpha value is -0.730. The predicted molar refractivity (Wildman–Crippen MR) is 54.5 cm³/mol. The van der Waals surface area contributed by atoms with Crippen LogP contribution in [0.4, 0.5) is 0 Å². The largest absolute Gasteiger partial charge is 0.457 e. The summed E-state index contributed by atoms with van der Waals surface area (Å²) in [4.78, 5) is 10.9. The van der Waals surface area contributed by atoms with Crippen LogP contribution in [0.5, 0.6) is 0 Å². The Morgan fingerprint density at radius 2 is 2.07 bits per heavy atom. The number of benzene rings is 1. The molecule has 1 heterocycles. The molecule has 1 atom stereocenters. The van der Waals surface area contributed by atoms with Gasteiger partial charge in [-0.15, -0.1) is 0 Å². The van der Waals surface area contributed by atoms with E-state index in [-0.39, 0.29) is 12.1 Å². The van der Waals surface area contributed by atoms with Gasteiger partial charge in [0.1, 0.15) is 6.10 Å². The van der Waals surface area contributed by atoms with E-state index in [2.05, 4.69) is 0 Å². The lowest BCUT2D eigenvalue weighted by molar-refractivity contribution is -0.141. The van der Waals surface area contributed by atoms with Gasteiger partial charge in [-0.3, -0.25) is 4.79 Å². The molecule has 1 aliphatic heterocycles. The fourth-order valence-electron chi connectivity index (χ4n) is 1.47. The minimum Gasteiger partial charge on any atom is -0.457 e. The molecule has 1 aromatic carbocycles. The second kappa shape index (κ2) is 3.79. The van der Waals surface area contributed by atoms with Gasteiger partial charge in [0, 0.05) is 6.42 Å². The summed E-state index contributed by atoms with van der Waals surface area (Å²) in [5.41, 5.74) is 0.908. The van der Waals surface area contributed by atoms with Gasteiger partial charge in [0.15, 0.2) is 0 Å². The summed E-state index contributed by atoms with van der Waals surface area (Å²) in [5.74, 6) is -0.152. The van der Waals surface area contributed by atoms with Crippen LogP contribution in [-0.4, -0.2) is 5.97 Å². The highest BCUT2D eigenvalue weighted by Gasteiger charge is 2.24. The Labute approximate surface area is 91.8 Å². The van der Waals surface area contributed by atoms with Gasteiger partial charge in [-0.05, 0) is 24.1 Å². The summed E-state index contributed by atoms with van der Waals surface area (Å²) in [7, 11) is 0. The lowest BCUT2D eigenvalue weighted by Gasteiger charge is -2.09. The molecule has 0 amide bonds.